The van der Waals surface area contributed by atoms with Crippen LogP contribution in [0.25, 0.3) is 11.3 Å². The van der Waals surface area contributed by atoms with Gasteiger partial charge in [-0.1, -0.05) is 46.3 Å². The van der Waals surface area contributed by atoms with Crippen molar-refractivity contribution in [2.45, 2.75) is 0 Å². The first-order valence-electron chi connectivity index (χ1n) is 6.40. The number of aromatic amines is 1. The Morgan fingerprint density at radius 3 is 2.48 bits per heavy atom. The van der Waals surface area contributed by atoms with Crippen LogP contribution < -0.4 is 5.32 Å². The molecule has 0 aliphatic rings. The predicted octanol–water partition coefficient (Wildman–Crippen LogP) is 4.09. The van der Waals surface area contributed by atoms with E-state index in [1.165, 1.54) is 6.20 Å². The number of H-pyrrole nitrogens is 1. The van der Waals surface area contributed by atoms with Crippen LogP contribution in [-0.4, -0.2) is 16.1 Å². The minimum absolute atomic E-state index is 0.190. The van der Waals surface area contributed by atoms with E-state index in [0.29, 0.717) is 11.3 Å². The van der Waals surface area contributed by atoms with Crippen molar-refractivity contribution in [2.24, 2.45) is 0 Å². The van der Waals surface area contributed by atoms with E-state index in [-0.39, 0.29) is 5.91 Å². The fourth-order valence-corrected chi connectivity index (χ4v) is 2.28. The van der Waals surface area contributed by atoms with Gasteiger partial charge in [0.2, 0.25) is 0 Å². The molecule has 2 N–H and O–H groups in total. The van der Waals surface area contributed by atoms with Crippen molar-refractivity contribution in [3.63, 3.8) is 0 Å². The molecule has 1 aromatic heterocycles. The van der Waals surface area contributed by atoms with E-state index < -0.39 is 0 Å². The van der Waals surface area contributed by atoms with E-state index in [9.17, 15) is 4.79 Å². The van der Waals surface area contributed by atoms with Gasteiger partial charge < -0.3 is 5.32 Å². The number of anilines is 1. The highest BCUT2D eigenvalue weighted by atomic mass is 79.9. The minimum Gasteiger partial charge on any atom is -0.322 e. The zero-order valence-corrected chi connectivity index (χ0v) is 12.6. The molecule has 104 valence electrons. The average Bonchev–Trinajstić information content (AvgIpc) is 3.00. The summed E-state index contributed by atoms with van der Waals surface area (Å²) in [5.41, 5.74) is 2.90. The molecule has 2 aromatic carbocycles. The van der Waals surface area contributed by atoms with Crippen LogP contribution in [0.15, 0.2) is 65.3 Å². The molecule has 0 bridgehead atoms. The number of aromatic nitrogens is 2. The molecule has 0 atom stereocenters. The van der Waals surface area contributed by atoms with E-state index >= 15 is 0 Å². The monoisotopic (exact) mass is 341 g/mol. The maximum absolute atomic E-state index is 12.4. The van der Waals surface area contributed by atoms with Crippen molar-refractivity contribution in [3.05, 3.63) is 70.8 Å². The second kappa shape index (κ2) is 5.93. The summed E-state index contributed by atoms with van der Waals surface area (Å²) in [4.78, 5) is 12.4. The van der Waals surface area contributed by atoms with Gasteiger partial charge in [-0.3, -0.25) is 9.89 Å². The smallest absolute Gasteiger partial charge is 0.259 e. The maximum atomic E-state index is 12.4. The molecule has 0 aliphatic carbocycles. The van der Waals surface area contributed by atoms with E-state index in [2.05, 4.69) is 31.4 Å². The van der Waals surface area contributed by atoms with Gasteiger partial charge in [-0.2, -0.15) is 5.10 Å². The third-order valence-corrected chi connectivity index (χ3v) is 3.58. The normalized spacial score (nSPS) is 10.3. The first-order valence-corrected chi connectivity index (χ1v) is 7.19. The van der Waals surface area contributed by atoms with Crippen molar-refractivity contribution in [2.75, 3.05) is 5.32 Å². The molecule has 0 saturated carbocycles. The van der Waals surface area contributed by atoms with Crippen LogP contribution in [0.2, 0.25) is 0 Å². The van der Waals surface area contributed by atoms with Crippen molar-refractivity contribution < 1.29 is 4.79 Å². The quantitative estimate of drug-likeness (QED) is 0.753. The Morgan fingerprint density at radius 2 is 1.76 bits per heavy atom. The van der Waals surface area contributed by atoms with Crippen LogP contribution in [-0.2, 0) is 0 Å². The third kappa shape index (κ3) is 3.03. The Morgan fingerprint density at radius 1 is 1.05 bits per heavy atom. The van der Waals surface area contributed by atoms with Crippen molar-refractivity contribution in [3.8, 4) is 11.3 Å². The molecule has 0 aliphatic heterocycles. The van der Waals surface area contributed by atoms with Gasteiger partial charge >= 0.3 is 0 Å². The standard InChI is InChI=1S/C16H12BrN3O/c17-12-6-8-13(9-7-12)19-16(21)14-10-18-20-15(14)11-4-2-1-3-5-11/h1-10H,(H,18,20)(H,19,21). The fourth-order valence-electron chi connectivity index (χ4n) is 2.01. The lowest BCUT2D eigenvalue weighted by molar-refractivity contribution is 0.102. The first-order chi connectivity index (χ1) is 10.2. The summed E-state index contributed by atoms with van der Waals surface area (Å²) in [7, 11) is 0. The molecular formula is C16H12BrN3O. The number of nitrogens with one attached hydrogen (secondary N) is 2. The van der Waals surface area contributed by atoms with Crippen LogP contribution in [0.4, 0.5) is 5.69 Å². The van der Waals surface area contributed by atoms with E-state index in [0.717, 1.165) is 15.7 Å². The third-order valence-electron chi connectivity index (χ3n) is 3.05. The highest BCUT2D eigenvalue weighted by Crippen LogP contribution is 2.22. The predicted molar refractivity (Wildman–Crippen MR) is 86.1 cm³/mol. The van der Waals surface area contributed by atoms with Gasteiger partial charge in [0.25, 0.3) is 5.91 Å². The zero-order chi connectivity index (χ0) is 14.7. The SMILES string of the molecule is O=C(Nc1ccc(Br)cc1)c1cn[nH]c1-c1ccccc1. The Labute approximate surface area is 130 Å². The highest BCUT2D eigenvalue weighted by molar-refractivity contribution is 9.10. The van der Waals surface area contributed by atoms with E-state index in [1.807, 2.05) is 54.6 Å². The highest BCUT2D eigenvalue weighted by Gasteiger charge is 2.15. The van der Waals surface area contributed by atoms with Crippen molar-refractivity contribution in [1.82, 2.24) is 10.2 Å². The van der Waals surface area contributed by atoms with Gasteiger partial charge in [-0.05, 0) is 24.3 Å². The molecular weight excluding hydrogens is 330 g/mol. The number of benzene rings is 2. The van der Waals surface area contributed by atoms with E-state index in [4.69, 9.17) is 0 Å². The second-order valence-electron chi connectivity index (χ2n) is 4.49. The summed E-state index contributed by atoms with van der Waals surface area (Å²) in [6.07, 6.45) is 1.54. The Hall–Kier alpha value is -2.40. The summed E-state index contributed by atoms with van der Waals surface area (Å²) in [5, 5.41) is 9.72. The molecule has 4 nitrogen and oxygen atoms in total. The fraction of sp³-hybridized carbons (Fsp3) is 0. The Balaban J connectivity index is 1.86. The van der Waals surface area contributed by atoms with Gasteiger partial charge in [-0.25, -0.2) is 0 Å². The lowest BCUT2D eigenvalue weighted by Gasteiger charge is -2.06. The number of hydrogen-bond donors (Lipinski definition) is 2. The van der Waals surface area contributed by atoms with Crippen LogP contribution in [0.1, 0.15) is 10.4 Å². The molecule has 0 spiro atoms. The largest absolute Gasteiger partial charge is 0.322 e. The van der Waals surface area contributed by atoms with Crippen molar-refractivity contribution in [1.29, 1.82) is 0 Å². The van der Waals surface area contributed by atoms with Crippen LogP contribution >= 0.6 is 15.9 Å². The number of amides is 1. The number of carbonyl (C=O) groups excluding carboxylic acids is 1. The Kier molecular flexibility index (Phi) is 3.83. The molecule has 1 amide bonds. The van der Waals surface area contributed by atoms with Crippen molar-refractivity contribution >= 4 is 27.5 Å². The molecule has 0 radical (unpaired) electrons. The number of rotatable bonds is 3. The molecule has 21 heavy (non-hydrogen) atoms. The zero-order valence-electron chi connectivity index (χ0n) is 11.0. The summed E-state index contributed by atoms with van der Waals surface area (Å²) in [6.45, 7) is 0. The van der Waals surface area contributed by atoms with E-state index in [1.54, 1.807) is 0 Å². The first kappa shape index (κ1) is 13.6. The molecule has 3 aromatic rings. The van der Waals surface area contributed by atoms with Gasteiger partial charge in [-0.15, -0.1) is 0 Å². The van der Waals surface area contributed by atoms with Crippen LogP contribution in [0.3, 0.4) is 0 Å². The number of nitrogens with zero attached hydrogens (tertiary/aromatic N) is 1. The summed E-state index contributed by atoms with van der Waals surface area (Å²) in [6, 6.07) is 17.1. The van der Waals surface area contributed by atoms with Crippen LogP contribution in [0.5, 0.6) is 0 Å². The van der Waals surface area contributed by atoms with Gasteiger partial charge in [0.15, 0.2) is 0 Å². The lowest BCUT2D eigenvalue weighted by Crippen LogP contribution is -2.12. The molecule has 1 heterocycles. The van der Waals surface area contributed by atoms with Gasteiger partial charge in [0.1, 0.15) is 0 Å². The topological polar surface area (TPSA) is 57.8 Å². The summed E-state index contributed by atoms with van der Waals surface area (Å²) < 4.78 is 0.966. The van der Waals surface area contributed by atoms with Crippen LogP contribution in [0, 0.1) is 0 Å². The number of carbonyl (C=O) groups is 1. The summed E-state index contributed by atoms with van der Waals surface area (Å²) >= 11 is 3.36. The average molecular weight is 342 g/mol. The number of hydrogen-bond acceptors (Lipinski definition) is 2. The molecule has 0 unspecified atom stereocenters. The Bertz CT molecular complexity index is 751. The summed E-state index contributed by atoms with van der Waals surface area (Å²) in [5.74, 6) is -0.190. The second-order valence-corrected chi connectivity index (χ2v) is 5.40. The maximum Gasteiger partial charge on any atom is 0.259 e. The molecule has 5 heteroatoms. The lowest BCUT2D eigenvalue weighted by atomic mass is 10.1. The molecule has 3 rings (SSSR count). The molecule has 0 saturated heterocycles. The van der Waals surface area contributed by atoms with Gasteiger partial charge in [0.05, 0.1) is 17.5 Å². The minimum atomic E-state index is -0.190. The number of halogens is 1. The molecule has 0 fully saturated rings. The van der Waals surface area contributed by atoms with Gasteiger partial charge in [0, 0.05) is 15.7 Å².